The molecule has 0 atom stereocenters. The molecule has 1 amide bonds. The molecule has 1 aliphatic rings. The van der Waals surface area contributed by atoms with Crippen molar-refractivity contribution in [2.24, 2.45) is 5.92 Å². The Labute approximate surface area is 138 Å². The second-order valence-corrected chi connectivity index (χ2v) is 5.94. The average Bonchev–Trinajstić information content (AvgIpc) is 2.47. The number of ether oxygens (including phenoxy) is 1. The number of carbonyl (C=O) groups is 1. The number of hydrogen-bond donors (Lipinski definition) is 2. The third-order valence-corrected chi connectivity index (χ3v) is 4.07. The van der Waals surface area contributed by atoms with E-state index in [1.165, 1.54) is 12.1 Å². The van der Waals surface area contributed by atoms with Crippen molar-refractivity contribution >= 4 is 6.09 Å². The van der Waals surface area contributed by atoms with Gasteiger partial charge in [0.1, 0.15) is 5.75 Å². The van der Waals surface area contributed by atoms with Gasteiger partial charge in [-0.3, -0.25) is 4.90 Å². The van der Waals surface area contributed by atoms with Crippen LogP contribution in [-0.2, 0) is 6.54 Å². The van der Waals surface area contributed by atoms with Gasteiger partial charge in [0, 0.05) is 13.1 Å². The maximum Gasteiger partial charge on any atom is 0.573 e. The highest BCUT2D eigenvalue weighted by molar-refractivity contribution is 5.64. The molecule has 1 aliphatic heterocycles. The zero-order valence-corrected chi connectivity index (χ0v) is 13.2. The molecule has 0 spiro atoms. The Morgan fingerprint density at radius 2 is 2.04 bits per heavy atom. The second-order valence-electron chi connectivity index (χ2n) is 5.94. The molecule has 0 aliphatic carbocycles. The fraction of sp³-hybridized carbons (Fsp3) is 0.562. The van der Waals surface area contributed by atoms with Crippen molar-refractivity contribution in [3.8, 4) is 5.75 Å². The molecule has 5 nitrogen and oxygen atoms in total. The summed E-state index contributed by atoms with van der Waals surface area (Å²) >= 11 is 0. The van der Waals surface area contributed by atoms with Gasteiger partial charge in [0.25, 0.3) is 0 Å². The van der Waals surface area contributed by atoms with Crippen molar-refractivity contribution in [1.29, 1.82) is 0 Å². The van der Waals surface area contributed by atoms with E-state index in [2.05, 4.69) is 15.0 Å². The van der Waals surface area contributed by atoms with E-state index < -0.39 is 12.5 Å². The van der Waals surface area contributed by atoms with E-state index in [1.54, 1.807) is 12.1 Å². The Balaban J connectivity index is 1.77. The number of hydrogen-bond acceptors (Lipinski definition) is 3. The maximum absolute atomic E-state index is 12.3. The summed E-state index contributed by atoms with van der Waals surface area (Å²) in [6.45, 7) is 2.73. The van der Waals surface area contributed by atoms with Crippen molar-refractivity contribution in [1.82, 2.24) is 10.2 Å². The minimum absolute atomic E-state index is 0.199. The van der Waals surface area contributed by atoms with Crippen LogP contribution >= 0.6 is 0 Å². The summed E-state index contributed by atoms with van der Waals surface area (Å²) in [7, 11) is 0. The van der Waals surface area contributed by atoms with E-state index in [4.69, 9.17) is 5.11 Å². The molecular weight excluding hydrogens is 325 g/mol. The molecule has 1 heterocycles. The number of likely N-dealkylation sites (tertiary alicyclic amines) is 1. The SMILES string of the molecule is O=C(O)NCCC1CCN(Cc2cccc(OC(F)(F)F)c2)CC1. The van der Waals surface area contributed by atoms with Gasteiger partial charge < -0.3 is 15.2 Å². The largest absolute Gasteiger partial charge is 0.573 e. The molecule has 1 aromatic carbocycles. The monoisotopic (exact) mass is 346 g/mol. The van der Waals surface area contributed by atoms with Crippen molar-refractivity contribution in [3.63, 3.8) is 0 Å². The van der Waals surface area contributed by atoms with Crippen LogP contribution in [0.2, 0.25) is 0 Å². The van der Waals surface area contributed by atoms with Crippen LogP contribution in [-0.4, -0.2) is 42.1 Å². The van der Waals surface area contributed by atoms with Crippen LogP contribution in [0.3, 0.4) is 0 Å². The number of amides is 1. The van der Waals surface area contributed by atoms with Crippen molar-refractivity contribution in [3.05, 3.63) is 29.8 Å². The van der Waals surface area contributed by atoms with Gasteiger partial charge >= 0.3 is 12.5 Å². The highest BCUT2D eigenvalue weighted by Gasteiger charge is 2.31. The lowest BCUT2D eigenvalue weighted by Gasteiger charge is -2.32. The number of benzene rings is 1. The van der Waals surface area contributed by atoms with Crippen LogP contribution in [0.1, 0.15) is 24.8 Å². The number of piperidine rings is 1. The van der Waals surface area contributed by atoms with Crippen LogP contribution < -0.4 is 10.1 Å². The molecule has 0 unspecified atom stereocenters. The number of nitrogens with zero attached hydrogens (tertiary/aromatic N) is 1. The fourth-order valence-corrected chi connectivity index (χ4v) is 2.92. The molecule has 2 N–H and O–H groups in total. The molecular formula is C16H21F3N2O3. The van der Waals surface area contributed by atoms with Crippen LogP contribution in [0.25, 0.3) is 0 Å². The minimum Gasteiger partial charge on any atom is -0.465 e. The number of carboxylic acid groups (broad SMARTS) is 1. The predicted molar refractivity (Wildman–Crippen MR) is 81.8 cm³/mol. The highest BCUT2D eigenvalue weighted by atomic mass is 19.4. The van der Waals surface area contributed by atoms with E-state index >= 15 is 0 Å². The Kier molecular flexibility index (Phi) is 6.30. The molecule has 0 radical (unpaired) electrons. The van der Waals surface area contributed by atoms with Gasteiger partial charge in [0.2, 0.25) is 0 Å². The van der Waals surface area contributed by atoms with Gasteiger partial charge in [0.15, 0.2) is 0 Å². The Morgan fingerprint density at radius 3 is 2.67 bits per heavy atom. The molecule has 1 aromatic rings. The molecule has 24 heavy (non-hydrogen) atoms. The number of halogens is 3. The number of nitrogens with one attached hydrogen (secondary N) is 1. The van der Waals surface area contributed by atoms with Crippen LogP contribution in [0.4, 0.5) is 18.0 Å². The lowest BCUT2D eigenvalue weighted by atomic mass is 9.93. The molecule has 8 heteroatoms. The summed E-state index contributed by atoms with van der Waals surface area (Å²) in [5, 5.41) is 10.9. The maximum atomic E-state index is 12.3. The molecule has 0 aromatic heterocycles. The zero-order valence-electron chi connectivity index (χ0n) is 13.2. The molecule has 2 rings (SSSR count). The summed E-state index contributed by atoms with van der Waals surface area (Å²) in [5.74, 6) is 0.280. The lowest BCUT2D eigenvalue weighted by Crippen LogP contribution is -2.34. The first-order chi connectivity index (χ1) is 11.3. The average molecular weight is 346 g/mol. The Morgan fingerprint density at radius 1 is 1.33 bits per heavy atom. The van der Waals surface area contributed by atoms with Crippen molar-refractivity contribution in [2.45, 2.75) is 32.2 Å². The Bertz CT molecular complexity index is 544. The van der Waals surface area contributed by atoms with E-state index in [1.807, 2.05) is 0 Å². The normalized spacial score (nSPS) is 16.8. The van der Waals surface area contributed by atoms with Gasteiger partial charge in [0.05, 0.1) is 0 Å². The molecule has 0 bridgehead atoms. The summed E-state index contributed by atoms with van der Waals surface area (Å²) in [5.41, 5.74) is 0.780. The molecule has 1 fully saturated rings. The van der Waals surface area contributed by atoms with Crippen LogP contribution in [0.5, 0.6) is 5.75 Å². The lowest BCUT2D eigenvalue weighted by molar-refractivity contribution is -0.274. The molecule has 0 saturated carbocycles. The first-order valence-electron chi connectivity index (χ1n) is 7.85. The van der Waals surface area contributed by atoms with E-state index in [9.17, 15) is 18.0 Å². The topological polar surface area (TPSA) is 61.8 Å². The fourth-order valence-electron chi connectivity index (χ4n) is 2.92. The van der Waals surface area contributed by atoms with Crippen LogP contribution in [0, 0.1) is 5.92 Å². The summed E-state index contributed by atoms with van der Waals surface area (Å²) < 4.78 is 40.7. The van der Waals surface area contributed by atoms with Gasteiger partial charge in [-0.1, -0.05) is 12.1 Å². The van der Waals surface area contributed by atoms with E-state index in [0.29, 0.717) is 19.0 Å². The van der Waals surface area contributed by atoms with E-state index in [0.717, 1.165) is 37.9 Å². The molecule has 134 valence electrons. The third kappa shape index (κ3) is 6.66. The van der Waals surface area contributed by atoms with Gasteiger partial charge in [-0.2, -0.15) is 0 Å². The summed E-state index contributed by atoms with van der Waals surface area (Å²) in [6.07, 6.45) is -2.95. The van der Waals surface area contributed by atoms with Gasteiger partial charge in [-0.05, 0) is 56.0 Å². The Hall–Kier alpha value is -1.96. The minimum atomic E-state index is -4.68. The second kappa shape index (κ2) is 8.23. The first kappa shape index (κ1) is 18.4. The summed E-state index contributed by atoms with van der Waals surface area (Å²) in [6, 6.07) is 6.04. The predicted octanol–water partition coefficient (Wildman–Crippen LogP) is 3.45. The number of alkyl halides is 3. The quantitative estimate of drug-likeness (QED) is 0.828. The van der Waals surface area contributed by atoms with Crippen molar-refractivity contribution < 1.29 is 27.8 Å². The van der Waals surface area contributed by atoms with Gasteiger partial charge in [-0.25, -0.2) is 4.79 Å². The smallest absolute Gasteiger partial charge is 0.465 e. The van der Waals surface area contributed by atoms with E-state index in [-0.39, 0.29) is 5.75 Å². The summed E-state index contributed by atoms with van der Waals surface area (Å²) in [4.78, 5) is 12.6. The van der Waals surface area contributed by atoms with Gasteiger partial charge in [-0.15, -0.1) is 13.2 Å². The number of rotatable bonds is 6. The zero-order chi connectivity index (χ0) is 17.6. The standard InChI is InChI=1S/C16H21F3N2O3/c17-16(18,19)24-14-3-1-2-13(10-14)11-21-8-5-12(6-9-21)4-7-20-15(22)23/h1-3,10,12,20H,4-9,11H2,(H,22,23). The highest BCUT2D eigenvalue weighted by Crippen LogP contribution is 2.25. The van der Waals surface area contributed by atoms with Crippen LogP contribution in [0.15, 0.2) is 24.3 Å². The van der Waals surface area contributed by atoms with Crippen molar-refractivity contribution in [2.75, 3.05) is 19.6 Å². The third-order valence-electron chi connectivity index (χ3n) is 4.07. The molecule has 1 saturated heterocycles. The first-order valence-corrected chi connectivity index (χ1v) is 7.85.